The number of thioether (sulfide) groups is 1. The van der Waals surface area contributed by atoms with Crippen molar-refractivity contribution in [3.63, 3.8) is 0 Å². The van der Waals surface area contributed by atoms with Crippen LogP contribution in [0, 0.1) is 6.92 Å². The van der Waals surface area contributed by atoms with Crippen LogP contribution in [0.3, 0.4) is 0 Å². The van der Waals surface area contributed by atoms with Gasteiger partial charge in [0.15, 0.2) is 6.61 Å². The van der Waals surface area contributed by atoms with Gasteiger partial charge in [0.05, 0.1) is 0 Å². The van der Waals surface area contributed by atoms with Gasteiger partial charge < -0.3 is 10.1 Å². The van der Waals surface area contributed by atoms with Crippen LogP contribution in [-0.2, 0) is 10.5 Å². The molecule has 0 bridgehead atoms. The lowest BCUT2D eigenvalue weighted by Crippen LogP contribution is -2.30. The number of rotatable bonds is 8. The average Bonchev–Trinajstić information content (AvgIpc) is 2.54. The third kappa shape index (κ3) is 6.55. The summed E-state index contributed by atoms with van der Waals surface area (Å²) < 4.78 is 5.50. The van der Waals surface area contributed by atoms with E-state index in [1.165, 1.54) is 5.56 Å². The highest BCUT2D eigenvalue weighted by molar-refractivity contribution is 7.98. The van der Waals surface area contributed by atoms with Crippen molar-refractivity contribution in [3.05, 3.63) is 64.7 Å². The summed E-state index contributed by atoms with van der Waals surface area (Å²) in [6.07, 6.45) is 0. The SMILES string of the molecule is Cc1ccccc1OCC(=O)NCCSCc1cccc(Cl)c1. The Labute approximate surface area is 146 Å². The Morgan fingerprint density at radius 2 is 2.04 bits per heavy atom. The highest BCUT2D eigenvalue weighted by Crippen LogP contribution is 2.17. The minimum Gasteiger partial charge on any atom is -0.484 e. The van der Waals surface area contributed by atoms with Gasteiger partial charge in [0, 0.05) is 23.1 Å². The number of nitrogens with one attached hydrogen (secondary N) is 1. The van der Waals surface area contributed by atoms with Gasteiger partial charge in [-0.2, -0.15) is 11.8 Å². The van der Waals surface area contributed by atoms with Crippen LogP contribution in [0.4, 0.5) is 0 Å². The highest BCUT2D eigenvalue weighted by Gasteiger charge is 2.04. The van der Waals surface area contributed by atoms with Crippen molar-refractivity contribution in [1.29, 1.82) is 0 Å². The molecule has 0 aliphatic heterocycles. The van der Waals surface area contributed by atoms with E-state index in [9.17, 15) is 4.79 Å². The zero-order chi connectivity index (χ0) is 16.5. The first-order valence-electron chi connectivity index (χ1n) is 7.42. The van der Waals surface area contributed by atoms with E-state index in [0.717, 1.165) is 27.8 Å². The highest BCUT2D eigenvalue weighted by atomic mass is 35.5. The predicted molar refractivity (Wildman–Crippen MR) is 97.3 cm³/mol. The fourth-order valence-corrected chi connectivity index (χ4v) is 3.01. The molecular formula is C18H20ClNO2S. The van der Waals surface area contributed by atoms with E-state index in [4.69, 9.17) is 16.3 Å². The molecule has 1 N–H and O–H groups in total. The van der Waals surface area contributed by atoms with Gasteiger partial charge in [-0.25, -0.2) is 0 Å². The van der Waals surface area contributed by atoms with Gasteiger partial charge in [-0.1, -0.05) is 41.9 Å². The number of ether oxygens (including phenoxy) is 1. The molecule has 0 fully saturated rings. The first-order chi connectivity index (χ1) is 11.1. The number of carbonyl (C=O) groups is 1. The summed E-state index contributed by atoms with van der Waals surface area (Å²) in [6, 6.07) is 15.5. The summed E-state index contributed by atoms with van der Waals surface area (Å²) in [5, 5.41) is 3.61. The quantitative estimate of drug-likeness (QED) is 0.730. The first-order valence-corrected chi connectivity index (χ1v) is 8.96. The fraction of sp³-hybridized carbons (Fsp3) is 0.278. The standard InChI is InChI=1S/C18H20ClNO2S/c1-14-5-2-3-8-17(14)22-12-18(21)20-9-10-23-13-15-6-4-7-16(19)11-15/h2-8,11H,9-10,12-13H2,1H3,(H,20,21). The molecule has 2 aromatic carbocycles. The molecule has 0 saturated heterocycles. The van der Waals surface area contributed by atoms with Gasteiger partial charge >= 0.3 is 0 Å². The lowest BCUT2D eigenvalue weighted by atomic mass is 10.2. The molecule has 2 rings (SSSR count). The van der Waals surface area contributed by atoms with Crippen molar-refractivity contribution < 1.29 is 9.53 Å². The summed E-state index contributed by atoms with van der Waals surface area (Å²) >= 11 is 7.70. The number of halogens is 1. The molecule has 0 aliphatic carbocycles. The number of carbonyl (C=O) groups excluding carboxylic acids is 1. The van der Waals surface area contributed by atoms with Crippen LogP contribution in [0.2, 0.25) is 5.02 Å². The van der Waals surface area contributed by atoms with E-state index in [-0.39, 0.29) is 12.5 Å². The van der Waals surface area contributed by atoms with E-state index in [2.05, 4.69) is 5.32 Å². The molecule has 3 nitrogen and oxygen atoms in total. The molecule has 1 amide bonds. The topological polar surface area (TPSA) is 38.3 Å². The molecule has 5 heteroatoms. The van der Waals surface area contributed by atoms with Crippen molar-refractivity contribution in [2.45, 2.75) is 12.7 Å². The lowest BCUT2D eigenvalue weighted by Gasteiger charge is -2.09. The van der Waals surface area contributed by atoms with Crippen molar-refractivity contribution in [3.8, 4) is 5.75 Å². The van der Waals surface area contributed by atoms with Gasteiger partial charge in [-0.15, -0.1) is 0 Å². The zero-order valence-corrected chi connectivity index (χ0v) is 14.6. The Balaban J connectivity index is 1.59. The number of hydrogen-bond donors (Lipinski definition) is 1. The van der Waals surface area contributed by atoms with Crippen LogP contribution in [0.5, 0.6) is 5.75 Å². The number of benzene rings is 2. The van der Waals surface area contributed by atoms with E-state index in [1.807, 2.05) is 55.5 Å². The number of amides is 1. The van der Waals surface area contributed by atoms with Crippen LogP contribution in [0.1, 0.15) is 11.1 Å². The van der Waals surface area contributed by atoms with Crippen LogP contribution < -0.4 is 10.1 Å². The van der Waals surface area contributed by atoms with Gasteiger partial charge in [-0.05, 0) is 36.2 Å². The molecule has 0 unspecified atom stereocenters. The maximum atomic E-state index is 11.7. The molecule has 0 saturated carbocycles. The van der Waals surface area contributed by atoms with Gasteiger partial charge in [0.1, 0.15) is 5.75 Å². The normalized spacial score (nSPS) is 10.3. The molecule has 0 aliphatic rings. The molecule has 0 spiro atoms. The van der Waals surface area contributed by atoms with Gasteiger partial charge in [0.25, 0.3) is 5.91 Å². The minimum absolute atomic E-state index is 0.0454. The summed E-state index contributed by atoms with van der Waals surface area (Å²) in [4.78, 5) is 11.7. The Morgan fingerprint density at radius 1 is 1.22 bits per heavy atom. The van der Waals surface area contributed by atoms with Gasteiger partial charge in [-0.3, -0.25) is 4.79 Å². The number of para-hydroxylation sites is 1. The summed E-state index contributed by atoms with van der Waals surface area (Å²) in [5.74, 6) is 2.38. The van der Waals surface area contributed by atoms with Crippen LogP contribution in [0.25, 0.3) is 0 Å². The second-order valence-corrected chi connectivity index (χ2v) is 6.63. The number of aryl methyl sites for hydroxylation is 1. The van der Waals surface area contributed by atoms with E-state index in [1.54, 1.807) is 11.8 Å². The second kappa shape index (κ2) is 9.48. The molecule has 2 aromatic rings. The predicted octanol–water partition coefficient (Wildman–Crippen LogP) is 4.08. The summed E-state index contributed by atoms with van der Waals surface area (Å²) in [7, 11) is 0. The van der Waals surface area contributed by atoms with E-state index in [0.29, 0.717) is 6.54 Å². The van der Waals surface area contributed by atoms with Crippen LogP contribution in [-0.4, -0.2) is 24.8 Å². The Morgan fingerprint density at radius 3 is 2.83 bits per heavy atom. The molecule has 23 heavy (non-hydrogen) atoms. The summed E-state index contributed by atoms with van der Waals surface area (Å²) in [5.41, 5.74) is 2.22. The third-order valence-electron chi connectivity index (χ3n) is 3.18. The third-order valence-corrected chi connectivity index (χ3v) is 4.44. The monoisotopic (exact) mass is 349 g/mol. The van der Waals surface area contributed by atoms with Crippen molar-refractivity contribution in [2.75, 3.05) is 18.9 Å². The molecule has 0 atom stereocenters. The molecule has 0 heterocycles. The van der Waals surface area contributed by atoms with Crippen LogP contribution in [0.15, 0.2) is 48.5 Å². The Kier molecular flexibility index (Phi) is 7.30. The number of hydrogen-bond acceptors (Lipinski definition) is 3. The van der Waals surface area contributed by atoms with Crippen LogP contribution >= 0.6 is 23.4 Å². The lowest BCUT2D eigenvalue weighted by molar-refractivity contribution is -0.122. The van der Waals surface area contributed by atoms with Gasteiger partial charge in [0.2, 0.25) is 0 Å². The van der Waals surface area contributed by atoms with E-state index >= 15 is 0 Å². The second-order valence-electron chi connectivity index (χ2n) is 5.09. The zero-order valence-electron chi connectivity index (χ0n) is 13.0. The van der Waals surface area contributed by atoms with Crippen molar-refractivity contribution in [2.24, 2.45) is 0 Å². The maximum absolute atomic E-state index is 11.7. The molecule has 122 valence electrons. The first kappa shape index (κ1) is 17.7. The average molecular weight is 350 g/mol. The summed E-state index contributed by atoms with van der Waals surface area (Å²) in [6.45, 7) is 2.63. The van der Waals surface area contributed by atoms with Crippen molar-refractivity contribution >= 4 is 29.3 Å². The fourth-order valence-electron chi connectivity index (χ4n) is 1.99. The molecule has 0 aromatic heterocycles. The molecule has 0 radical (unpaired) electrons. The maximum Gasteiger partial charge on any atom is 0.257 e. The largest absolute Gasteiger partial charge is 0.484 e. The smallest absolute Gasteiger partial charge is 0.257 e. The minimum atomic E-state index is -0.100. The Bertz CT molecular complexity index is 648. The molecular weight excluding hydrogens is 330 g/mol. The van der Waals surface area contributed by atoms with E-state index < -0.39 is 0 Å². The Hall–Kier alpha value is -1.65. The van der Waals surface area contributed by atoms with Crippen molar-refractivity contribution in [1.82, 2.24) is 5.32 Å².